The highest BCUT2D eigenvalue weighted by Gasteiger charge is 2.52. The van der Waals surface area contributed by atoms with E-state index in [9.17, 15) is 0 Å². The quantitative estimate of drug-likeness (QED) is 0.176. The molecule has 0 spiro atoms. The molecule has 3 aliphatic heterocycles. The zero-order chi connectivity index (χ0) is 41.1. The summed E-state index contributed by atoms with van der Waals surface area (Å²) in [7, 11) is 0. The topological polar surface area (TPSA) is 6.48 Å². The highest BCUT2D eigenvalue weighted by atomic mass is 15.2. The lowest BCUT2D eigenvalue weighted by atomic mass is 9.60. The van der Waals surface area contributed by atoms with E-state index in [1.54, 1.807) is 0 Å². The maximum absolute atomic E-state index is 2.66. The first-order valence-electron chi connectivity index (χ1n) is 21.9. The highest BCUT2D eigenvalue weighted by Crippen LogP contribution is 2.66. The molecular formula is C58H52N2. The molecule has 3 heterocycles. The fourth-order valence-corrected chi connectivity index (χ4v) is 12.2. The fraction of sp³-hybridized carbons (Fsp3) is 0.241. The van der Waals surface area contributed by atoms with Gasteiger partial charge in [0, 0.05) is 39.2 Å². The average molecular weight is 777 g/mol. The zero-order valence-electron chi connectivity index (χ0n) is 36.1. The second-order valence-electron chi connectivity index (χ2n) is 20.3. The predicted octanol–water partition coefficient (Wildman–Crippen LogP) is 15.5. The van der Waals surface area contributed by atoms with Crippen LogP contribution in [-0.4, -0.2) is 0 Å². The number of para-hydroxylation sites is 3. The number of allylic oxidation sites excluding steroid dienone is 4. The third-order valence-electron chi connectivity index (χ3n) is 15.6. The summed E-state index contributed by atoms with van der Waals surface area (Å²) >= 11 is 0. The van der Waals surface area contributed by atoms with Crippen molar-refractivity contribution in [1.82, 2.24) is 0 Å². The van der Waals surface area contributed by atoms with E-state index in [-0.39, 0.29) is 21.7 Å². The molecule has 5 aliphatic rings. The molecule has 0 aromatic heterocycles. The average Bonchev–Trinajstić information content (AvgIpc) is 3.48. The molecule has 0 saturated heterocycles. The standard InChI is InChI=1S/C58H52N2/c1-55(2)44-19-13-12-18-42(44)43-29-28-41(34-49(43)55)59(39-16-10-9-11-17-39)40-27-26-35-30-36(24-25-37(35)31-40)38-32-50-54-51(33-38)58(7,8)48-23-15-21-46-53(48)60(54)52-45(56(46,3)4)20-14-22-47(52)57(50,5)6/h9-34,42,44H,1-8H3. The summed E-state index contributed by atoms with van der Waals surface area (Å²) in [6, 6.07) is 51.3. The van der Waals surface area contributed by atoms with E-state index in [0.717, 1.165) is 11.4 Å². The van der Waals surface area contributed by atoms with Gasteiger partial charge in [0.2, 0.25) is 0 Å². The van der Waals surface area contributed by atoms with Crippen molar-refractivity contribution in [2.75, 3.05) is 9.80 Å². The van der Waals surface area contributed by atoms with Gasteiger partial charge in [-0.25, -0.2) is 0 Å². The molecule has 294 valence electrons. The van der Waals surface area contributed by atoms with Gasteiger partial charge in [0.15, 0.2) is 0 Å². The molecule has 0 radical (unpaired) electrons. The van der Waals surface area contributed by atoms with Gasteiger partial charge in [-0.05, 0) is 132 Å². The number of fused-ring (bicyclic) bond motifs is 4. The molecule has 2 nitrogen and oxygen atoms in total. The third kappa shape index (κ3) is 4.55. The van der Waals surface area contributed by atoms with Gasteiger partial charge in [-0.15, -0.1) is 0 Å². The summed E-state index contributed by atoms with van der Waals surface area (Å²) in [5, 5.41) is 2.48. The number of hydrogen-bond acceptors (Lipinski definition) is 2. The zero-order valence-corrected chi connectivity index (χ0v) is 36.1. The van der Waals surface area contributed by atoms with Crippen molar-refractivity contribution < 1.29 is 0 Å². The first kappa shape index (κ1) is 35.8. The summed E-state index contributed by atoms with van der Waals surface area (Å²) in [4.78, 5) is 5.10. The monoisotopic (exact) mass is 776 g/mol. The maximum atomic E-state index is 2.66. The molecule has 7 aromatic carbocycles. The van der Waals surface area contributed by atoms with Crippen LogP contribution in [0.5, 0.6) is 0 Å². The van der Waals surface area contributed by atoms with E-state index in [2.05, 4.69) is 223 Å². The number of rotatable bonds is 4. The number of hydrogen-bond donors (Lipinski definition) is 0. The van der Waals surface area contributed by atoms with Crippen molar-refractivity contribution in [3.63, 3.8) is 0 Å². The minimum atomic E-state index is -0.178. The first-order chi connectivity index (χ1) is 28.8. The van der Waals surface area contributed by atoms with Crippen LogP contribution in [0, 0.1) is 5.92 Å². The van der Waals surface area contributed by atoms with Gasteiger partial charge in [0.05, 0.1) is 17.1 Å². The van der Waals surface area contributed by atoms with E-state index in [1.807, 2.05) is 0 Å². The fourth-order valence-electron chi connectivity index (χ4n) is 12.2. The van der Waals surface area contributed by atoms with Gasteiger partial charge in [-0.3, -0.25) is 0 Å². The van der Waals surface area contributed by atoms with E-state index in [1.165, 1.54) is 89.2 Å². The Hall–Kier alpha value is -6.12. The molecule has 0 N–H and O–H groups in total. The molecule has 60 heavy (non-hydrogen) atoms. The third-order valence-corrected chi connectivity index (χ3v) is 15.6. The highest BCUT2D eigenvalue weighted by molar-refractivity contribution is 6.00. The normalized spacial score (nSPS) is 20.7. The molecule has 2 aliphatic carbocycles. The maximum Gasteiger partial charge on any atom is 0.0544 e. The van der Waals surface area contributed by atoms with Crippen LogP contribution in [0.15, 0.2) is 158 Å². The minimum Gasteiger partial charge on any atom is -0.310 e. The smallest absolute Gasteiger partial charge is 0.0544 e. The lowest BCUT2D eigenvalue weighted by molar-refractivity contribution is 0.394. The lowest BCUT2D eigenvalue weighted by Gasteiger charge is -2.55. The Morgan fingerprint density at radius 1 is 0.417 bits per heavy atom. The van der Waals surface area contributed by atoms with Crippen LogP contribution < -0.4 is 9.80 Å². The Balaban J connectivity index is 0.988. The number of anilines is 6. The van der Waals surface area contributed by atoms with Gasteiger partial charge in [0.25, 0.3) is 0 Å². The van der Waals surface area contributed by atoms with Gasteiger partial charge < -0.3 is 9.80 Å². The van der Waals surface area contributed by atoms with Crippen molar-refractivity contribution in [3.8, 4) is 11.1 Å². The van der Waals surface area contributed by atoms with Crippen LogP contribution >= 0.6 is 0 Å². The molecule has 0 fully saturated rings. The van der Waals surface area contributed by atoms with E-state index in [4.69, 9.17) is 0 Å². The van der Waals surface area contributed by atoms with Crippen molar-refractivity contribution in [2.45, 2.75) is 83.0 Å². The van der Waals surface area contributed by atoms with Crippen LogP contribution in [0.2, 0.25) is 0 Å². The van der Waals surface area contributed by atoms with Crippen LogP contribution in [0.1, 0.15) is 106 Å². The lowest BCUT2D eigenvalue weighted by Crippen LogP contribution is -2.43. The molecule has 12 rings (SSSR count). The predicted molar refractivity (Wildman–Crippen MR) is 253 cm³/mol. The Morgan fingerprint density at radius 3 is 1.60 bits per heavy atom. The van der Waals surface area contributed by atoms with Crippen LogP contribution in [-0.2, 0) is 21.7 Å². The molecule has 0 saturated carbocycles. The van der Waals surface area contributed by atoms with E-state index >= 15 is 0 Å². The first-order valence-corrected chi connectivity index (χ1v) is 21.9. The molecule has 7 aromatic rings. The van der Waals surface area contributed by atoms with Crippen molar-refractivity contribution in [2.24, 2.45) is 5.92 Å². The molecule has 2 heteroatoms. The van der Waals surface area contributed by atoms with E-state index < -0.39 is 0 Å². The Morgan fingerprint density at radius 2 is 0.950 bits per heavy atom. The SMILES string of the molecule is CC1(C)c2cccc3c2N2c4c1cccc4C(C)(C)c1cc(-c4ccc5cc(N(c6ccccc6)c6ccc7c(c6)C(C)(C)C6C=CC=CC76)ccc5c4)cc(c12)C3(C)C. The molecule has 0 amide bonds. The van der Waals surface area contributed by atoms with Crippen LogP contribution in [0.25, 0.3) is 21.9 Å². The molecular weight excluding hydrogens is 725 g/mol. The van der Waals surface area contributed by atoms with Crippen LogP contribution in [0.4, 0.5) is 34.1 Å². The Bertz CT molecular complexity index is 2970. The second-order valence-corrected chi connectivity index (χ2v) is 20.3. The Kier molecular flexibility index (Phi) is 7.03. The van der Waals surface area contributed by atoms with Crippen LogP contribution in [0.3, 0.4) is 0 Å². The van der Waals surface area contributed by atoms with E-state index in [0.29, 0.717) is 11.8 Å². The second kappa shape index (κ2) is 11.8. The Labute approximate surface area is 355 Å². The summed E-state index contributed by atoms with van der Waals surface area (Å²) in [6.45, 7) is 19.4. The number of benzene rings is 7. The van der Waals surface area contributed by atoms with Crippen molar-refractivity contribution >= 4 is 44.9 Å². The minimum absolute atomic E-state index is 0.0440. The summed E-state index contributed by atoms with van der Waals surface area (Å²) in [6.07, 6.45) is 9.25. The van der Waals surface area contributed by atoms with Crippen molar-refractivity contribution in [3.05, 3.63) is 202 Å². The largest absolute Gasteiger partial charge is 0.310 e. The summed E-state index contributed by atoms with van der Waals surface area (Å²) < 4.78 is 0. The molecule has 2 atom stereocenters. The van der Waals surface area contributed by atoms with Gasteiger partial charge in [0.1, 0.15) is 0 Å². The van der Waals surface area contributed by atoms with Gasteiger partial charge in [-0.1, -0.05) is 159 Å². The summed E-state index contributed by atoms with van der Waals surface area (Å²) in [5.74, 6) is 0.910. The number of nitrogens with zero attached hydrogens (tertiary/aromatic N) is 2. The summed E-state index contributed by atoms with van der Waals surface area (Å²) in [5.41, 5.74) is 21.2. The molecule has 2 unspecified atom stereocenters. The van der Waals surface area contributed by atoms with Crippen molar-refractivity contribution in [1.29, 1.82) is 0 Å². The van der Waals surface area contributed by atoms with Gasteiger partial charge in [-0.2, -0.15) is 0 Å². The molecule has 0 bridgehead atoms. The van der Waals surface area contributed by atoms with Gasteiger partial charge >= 0.3 is 0 Å².